The van der Waals surface area contributed by atoms with Gasteiger partial charge in [-0.1, -0.05) is 66.1 Å². The molecule has 2 aromatic carbocycles. The summed E-state index contributed by atoms with van der Waals surface area (Å²) in [5.74, 6) is 0.161. The second kappa shape index (κ2) is 12.1. The van der Waals surface area contributed by atoms with E-state index in [1.165, 1.54) is 37.3 Å². The fourth-order valence-corrected chi connectivity index (χ4v) is 4.45. The van der Waals surface area contributed by atoms with Gasteiger partial charge in [-0.05, 0) is 67.9 Å². The van der Waals surface area contributed by atoms with Crippen LogP contribution in [0.2, 0.25) is 0 Å². The summed E-state index contributed by atoms with van der Waals surface area (Å²) in [5, 5.41) is 0. The molecule has 0 aliphatic heterocycles. The Kier molecular flexibility index (Phi) is 8.97. The van der Waals surface area contributed by atoms with Crippen LogP contribution in [0, 0.1) is 19.8 Å². The third-order valence-electron chi connectivity index (χ3n) is 6.23. The summed E-state index contributed by atoms with van der Waals surface area (Å²) >= 11 is 0. The summed E-state index contributed by atoms with van der Waals surface area (Å²) in [4.78, 5) is 27.0. The number of esters is 2. The standard InChI is InChI=1S/C15H20O2.C14H13NO2/c1-11-5-3-6-12(9-11)13-7-4-8-14(10-13)15(16)17-2;1-10-4-3-5-11(8-10)12-6-7-15-13(9-12)14(16)17-2/h3,5-6,9,13-14H,4,7-8,10H2,1-2H3;3-9H,1-2H3. The van der Waals surface area contributed by atoms with Gasteiger partial charge >= 0.3 is 11.9 Å². The van der Waals surface area contributed by atoms with Crippen LogP contribution in [0.4, 0.5) is 0 Å². The largest absolute Gasteiger partial charge is 0.469 e. The molecule has 2 atom stereocenters. The lowest BCUT2D eigenvalue weighted by atomic mass is 9.78. The minimum Gasteiger partial charge on any atom is -0.469 e. The van der Waals surface area contributed by atoms with E-state index in [0.717, 1.165) is 30.4 Å². The van der Waals surface area contributed by atoms with E-state index in [1.54, 1.807) is 12.3 Å². The highest BCUT2D eigenvalue weighted by atomic mass is 16.5. The maximum Gasteiger partial charge on any atom is 0.356 e. The monoisotopic (exact) mass is 459 g/mol. The van der Waals surface area contributed by atoms with Crippen molar-refractivity contribution in [2.45, 2.75) is 45.4 Å². The van der Waals surface area contributed by atoms with Gasteiger partial charge in [-0.15, -0.1) is 0 Å². The first-order chi connectivity index (χ1) is 16.4. The molecule has 1 fully saturated rings. The molecule has 1 heterocycles. The van der Waals surface area contributed by atoms with Crippen molar-refractivity contribution in [1.82, 2.24) is 4.98 Å². The zero-order valence-electron chi connectivity index (χ0n) is 20.4. The van der Waals surface area contributed by atoms with Gasteiger partial charge in [0.25, 0.3) is 0 Å². The minimum atomic E-state index is -0.417. The molecule has 0 bridgehead atoms. The SMILES string of the molecule is COC(=O)C1CCCC(c2cccc(C)c2)C1.COC(=O)c1cc(-c2cccc(C)c2)ccn1. The van der Waals surface area contributed by atoms with Gasteiger partial charge < -0.3 is 9.47 Å². The lowest BCUT2D eigenvalue weighted by Gasteiger charge is -2.27. The van der Waals surface area contributed by atoms with E-state index in [9.17, 15) is 9.59 Å². The van der Waals surface area contributed by atoms with Crippen molar-refractivity contribution in [1.29, 1.82) is 0 Å². The number of aryl methyl sites for hydroxylation is 2. The quantitative estimate of drug-likeness (QED) is 0.429. The molecule has 5 nitrogen and oxygen atoms in total. The first-order valence-corrected chi connectivity index (χ1v) is 11.7. The molecular weight excluding hydrogens is 426 g/mol. The molecule has 0 spiro atoms. The highest BCUT2D eigenvalue weighted by Gasteiger charge is 2.28. The van der Waals surface area contributed by atoms with Crippen LogP contribution < -0.4 is 0 Å². The van der Waals surface area contributed by atoms with Crippen molar-refractivity contribution in [3.05, 3.63) is 89.2 Å². The van der Waals surface area contributed by atoms with Crippen LogP contribution in [0.1, 0.15) is 58.8 Å². The molecule has 5 heteroatoms. The number of rotatable bonds is 4. The van der Waals surface area contributed by atoms with E-state index in [0.29, 0.717) is 11.6 Å². The summed E-state index contributed by atoms with van der Waals surface area (Å²) in [7, 11) is 2.84. The Labute approximate surface area is 202 Å². The molecule has 4 rings (SSSR count). The van der Waals surface area contributed by atoms with E-state index < -0.39 is 5.97 Å². The third-order valence-corrected chi connectivity index (χ3v) is 6.23. The number of aromatic nitrogens is 1. The molecule has 1 aliphatic rings. The number of ether oxygens (including phenoxy) is 2. The molecule has 0 saturated heterocycles. The Morgan fingerprint density at radius 2 is 1.56 bits per heavy atom. The average molecular weight is 460 g/mol. The molecule has 178 valence electrons. The molecule has 0 amide bonds. The summed E-state index contributed by atoms with van der Waals surface area (Å²) in [6.45, 7) is 4.15. The molecule has 0 radical (unpaired) electrons. The number of carbonyl (C=O) groups is 2. The highest BCUT2D eigenvalue weighted by Crippen LogP contribution is 2.36. The summed E-state index contributed by atoms with van der Waals surface area (Å²) in [6.07, 6.45) is 5.85. The minimum absolute atomic E-state index is 0.0395. The van der Waals surface area contributed by atoms with Gasteiger partial charge in [0.05, 0.1) is 20.1 Å². The highest BCUT2D eigenvalue weighted by molar-refractivity contribution is 5.88. The van der Waals surface area contributed by atoms with Crippen LogP contribution in [0.3, 0.4) is 0 Å². The van der Waals surface area contributed by atoms with Crippen LogP contribution in [-0.2, 0) is 14.3 Å². The molecule has 1 aromatic heterocycles. The summed E-state index contributed by atoms with van der Waals surface area (Å²) in [5.41, 5.74) is 6.20. The normalized spacial score (nSPS) is 17.2. The summed E-state index contributed by atoms with van der Waals surface area (Å²) < 4.78 is 9.51. The summed E-state index contributed by atoms with van der Waals surface area (Å²) in [6, 6.07) is 20.3. The number of pyridine rings is 1. The van der Waals surface area contributed by atoms with E-state index in [1.807, 2.05) is 31.2 Å². The van der Waals surface area contributed by atoms with Gasteiger partial charge in [-0.25, -0.2) is 9.78 Å². The van der Waals surface area contributed by atoms with E-state index in [2.05, 4.69) is 47.0 Å². The van der Waals surface area contributed by atoms with Crippen molar-refractivity contribution < 1.29 is 19.1 Å². The average Bonchev–Trinajstić information content (AvgIpc) is 2.88. The van der Waals surface area contributed by atoms with Crippen LogP contribution in [0.5, 0.6) is 0 Å². The number of hydrogen-bond acceptors (Lipinski definition) is 5. The predicted molar refractivity (Wildman–Crippen MR) is 134 cm³/mol. The first kappa shape index (κ1) is 25.2. The van der Waals surface area contributed by atoms with E-state index >= 15 is 0 Å². The second-order valence-electron chi connectivity index (χ2n) is 8.79. The van der Waals surface area contributed by atoms with Gasteiger partial charge in [-0.3, -0.25) is 4.79 Å². The van der Waals surface area contributed by atoms with Crippen molar-refractivity contribution >= 4 is 11.9 Å². The molecular formula is C29H33NO4. The number of methoxy groups -OCH3 is 2. The van der Waals surface area contributed by atoms with Gasteiger partial charge in [0.15, 0.2) is 0 Å². The number of carbonyl (C=O) groups excluding carboxylic acids is 2. The van der Waals surface area contributed by atoms with Crippen LogP contribution >= 0.6 is 0 Å². The predicted octanol–water partition coefficient (Wildman–Crippen LogP) is 6.29. The third kappa shape index (κ3) is 6.77. The van der Waals surface area contributed by atoms with Crippen LogP contribution in [-0.4, -0.2) is 31.1 Å². The molecule has 1 aliphatic carbocycles. The van der Waals surface area contributed by atoms with Crippen LogP contribution in [0.25, 0.3) is 11.1 Å². The zero-order chi connectivity index (χ0) is 24.5. The van der Waals surface area contributed by atoms with Crippen molar-refractivity contribution in [2.75, 3.05) is 14.2 Å². The number of benzene rings is 2. The molecule has 2 unspecified atom stereocenters. The molecule has 0 N–H and O–H groups in total. The zero-order valence-corrected chi connectivity index (χ0v) is 20.4. The van der Waals surface area contributed by atoms with E-state index in [4.69, 9.17) is 4.74 Å². The van der Waals surface area contributed by atoms with Gasteiger partial charge in [0.2, 0.25) is 0 Å². The van der Waals surface area contributed by atoms with Gasteiger partial charge in [-0.2, -0.15) is 0 Å². The second-order valence-corrected chi connectivity index (χ2v) is 8.79. The Morgan fingerprint density at radius 1 is 0.853 bits per heavy atom. The van der Waals surface area contributed by atoms with E-state index in [-0.39, 0.29) is 11.9 Å². The topological polar surface area (TPSA) is 65.5 Å². The number of hydrogen-bond donors (Lipinski definition) is 0. The van der Waals surface area contributed by atoms with Gasteiger partial charge in [0.1, 0.15) is 5.69 Å². The fraction of sp³-hybridized carbons (Fsp3) is 0.345. The molecule has 3 aromatic rings. The van der Waals surface area contributed by atoms with Crippen molar-refractivity contribution in [3.63, 3.8) is 0 Å². The maximum atomic E-state index is 11.6. The van der Waals surface area contributed by atoms with Crippen molar-refractivity contribution in [3.8, 4) is 11.1 Å². The Balaban J connectivity index is 0.000000191. The lowest BCUT2D eigenvalue weighted by molar-refractivity contribution is -0.146. The van der Waals surface area contributed by atoms with Crippen LogP contribution in [0.15, 0.2) is 66.9 Å². The Bertz CT molecular complexity index is 1120. The Hall–Kier alpha value is -3.47. The van der Waals surface area contributed by atoms with Gasteiger partial charge in [0, 0.05) is 6.20 Å². The first-order valence-electron chi connectivity index (χ1n) is 11.7. The smallest absolute Gasteiger partial charge is 0.356 e. The van der Waals surface area contributed by atoms with Crippen molar-refractivity contribution in [2.24, 2.45) is 5.92 Å². The Morgan fingerprint density at radius 3 is 2.24 bits per heavy atom. The maximum absolute atomic E-state index is 11.6. The lowest BCUT2D eigenvalue weighted by Crippen LogP contribution is -2.23. The molecule has 1 saturated carbocycles. The molecule has 34 heavy (non-hydrogen) atoms. The number of nitrogens with zero attached hydrogens (tertiary/aromatic N) is 1. The fourth-order valence-electron chi connectivity index (χ4n) is 4.45.